The van der Waals surface area contributed by atoms with Crippen molar-refractivity contribution >= 4 is 22.9 Å². The molecule has 0 aliphatic heterocycles. The van der Waals surface area contributed by atoms with Crippen LogP contribution >= 0.6 is 11.3 Å². The summed E-state index contributed by atoms with van der Waals surface area (Å²) in [6, 6.07) is 25.3. The van der Waals surface area contributed by atoms with E-state index in [-0.39, 0.29) is 12.5 Å². The maximum absolute atomic E-state index is 12.5. The molecule has 4 aromatic rings. The Morgan fingerprint density at radius 3 is 2.42 bits per heavy atom. The van der Waals surface area contributed by atoms with Crippen LogP contribution in [-0.4, -0.2) is 17.5 Å². The summed E-state index contributed by atoms with van der Waals surface area (Å²) in [7, 11) is 0. The molecule has 0 spiro atoms. The zero-order valence-electron chi connectivity index (χ0n) is 16.9. The van der Waals surface area contributed by atoms with Gasteiger partial charge in [-0.15, -0.1) is 11.3 Å². The van der Waals surface area contributed by atoms with Crippen molar-refractivity contribution in [2.24, 2.45) is 0 Å². The van der Waals surface area contributed by atoms with E-state index in [1.807, 2.05) is 66.0 Å². The lowest BCUT2D eigenvalue weighted by molar-refractivity contribution is -0.118. The number of amides is 1. The largest absolute Gasteiger partial charge is 0.485 e. The highest BCUT2D eigenvalue weighted by atomic mass is 32.1. The van der Waals surface area contributed by atoms with E-state index >= 15 is 0 Å². The van der Waals surface area contributed by atoms with Gasteiger partial charge in [-0.25, -0.2) is 4.98 Å². The van der Waals surface area contributed by atoms with E-state index in [1.54, 1.807) is 11.6 Å². The van der Waals surface area contributed by atoms with Gasteiger partial charge in [-0.1, -0.05) is 60.7 Å². The summed E-state index contributed by atoms with van der Waals surface area (Å²) in [5, 5.41) is 4.81. The summed E-state index contributed by atoms with van der Waals surface area (Å²) in [5.74, 6) is 1.04. The number of benzene rings is 3. The lowest BCUT2D eigenvalue weighted by atomic mass is 10.0. The molecule has 156 valence electrons. The number of carbonyl (C=O) groups excluding carboxylic acids is 1. The van der Waals surface area contributed by atoms with Crippen LogP contribution in [0.4, 0.5) is 5.69 Å². The van der Waals surface area contributed by atoms with Crippen molar-refractivity contribution in [3.63, 3.8) is 0 Å². The van der Waals surface area contributed by atoms with Gasteiger partial charge in [0.1, 0.15) is 18.1 Å². The van der Waals surface area contributed by atoms with Crippen LogP contribution in [0.15, 0.2) is 89.8 Å². The molecule has 1 N–H and O–H groups in total. The van der Waals surface area contributed by atoms with Crippen molar-refractivity contribution in [1.82, 2.24) is 4.98 Å². The number of carbonyl (C=O) groups is 1. The molecule has 31 heavy (non-hydrogen) atoms. The van der Waals surface area contributed by atoms with Crippen LogP contribution in [0, 0.1) is 0 Å². The molecular weight excluding hydrogens is 408 g/mol. The molecule has 0 bridgehead atoms. The molecule has 1 amide bonds. The molecule has 6 heteroatoms. The monoisotopic (exact) mass is 430 g/mol. The lowest BCUT2D eigenvalue weighted by Crippen LogP contribution is -2.21. The van der Waals surface area contributed by atoms with Gasteiger partial charge in [-0.05, 0) is 29.3 Å². The summed E-state index contributed by atoms with van der Waals surface area (Å²) in [4.78, 5) is 16.7. The molecule has 3 aromatic carbocycles. The second kappa shape index (κ2) is 10.4. The molecular formula is C25H22N2O3S. The number of nitrogens with zero attached hydrogens (tertiary/aromatic N) is 1. The number of anilines is 1. The first-order valence-corrected chi connectivity index (χ1v) is 10.9. The van der Waals surface area contributed by atoms with Gasteiger partial charge < -0.3 is 14.8 Å². The third-order valence-electron chi connectivity index (χ3n) is 4.59. The Balaban J connectivity index is 1.36. The normalized spacial score (nSPS) is 10.5. The van der Waals surface area contributed by atoms with E-state index in [9.17, 15) is 4.79 Å². The number of hydrogen-bond donors (Lipinski definition) is 1. The highest BCUT2D eigenvalue weighted by molar-refractivity contribution is 7.07. The predicted octanol–water partition coefficient (Wildman–Crippen LogP) is 5.33. The molecule has 0 aliphatic rings. The molecule has 0 unspecified atom stereocenters. The van der Waals surface area contributed by atoms with Crippen LogP contribution < -0.4 is 14.8 Å². The summed E-state index contributed by atoms with van der Waals surface area (Å²) >= 11 is 1.52. The van der Waals surface area contributed by atoms with Gasteiger partial charge >= 0.3 is 0 Å². The van der Waals surface area contributed by atoms with E-state index in [2.05, 4.69) is 22.4 Å². The Labute approximate surface area is 185 Å². The maximum atomic E-state index is 12.5. The van der Waals surface area contributed by atoms with Gasteiger partial charge in [0.25, 0.3) is 5.91 Å². The molecule has 0 radical (unpaired) electrons. The molecule has 0 atom stereocenters. The highest BCUT2D eigenvalue weighted by Gasteiger charge is 2.11. The fourth-order valence-corrected chi connectivity index (χ4v) is 3.64. The van der Waals surface area contributed by atoms with Crippen molar-refractivity contribution in [3.8, 4) is 11.5 Å². The Hall–Kier alpha value is -3.64. The number of para-hydroxylation sites is 3. The third-order valence-corrected chi connectivity index (χ3v) is 5.22. The zero-order chi connectivity index (χ0) is 21.3. The molecule has 0 fully saturated rings. The summed E-state index contributed by atoms with van der Waals surface area (Å²) in [6.07, 6.45) is 0.742. The smallest absolute Gasteiger partial charge is 0.262 e. The number of thiazole rings is 1. The second-order valence-corrected chi connectivity index (χ2v) is 7.59. The number of ether oxygens (including phenoxy) is 2. The van der Waals surface area contributed by atoms with E-state index in [4.69, 9.17) is 9.47 Å². The maximum Gasteiger partial charge on any atom is 0.262 e. The SMILES string of the molecule is O=C(COc1ccccc1Cc1ccccc1)Nc1ccccc1OCc1cscn1. The number of nitrogens with one attached hydrogen (secondary N) is 1. The predicted molar refractivity (Wildman–Crippen MR) is 123 cm³/mol. The quantitative estimate of drug-likeness (QED) is 0.390. The Bertz CT molecular complexity index is 1110. The average Bonchev–Trinajstić information content (AvgIpc) is 3.32. The fourth-order valence-electron chi connectivity index (χ4n) is 3.09. The topological polar surface area (TPSA) is 60.5 Å². The standard InChI is InChI=1S/C25H22N2O3S/c28-25(27-22-11-5-7-13-24(22)29-15-21-17-31-18-26-21)16-30-23-12-6-4-10-20(23)14-19-8-2-1-3-9-19/h1-13,17-18H,14-16H2,(H,27,28). The van der Waals surface area contributed by atoms with Crippen molar-refractivity contribution in [3.05, 3.63) is 107 Å². The minimum Gasteiger partial charge on any atom is -0.485 e. The van der Waals surface area contributed by atoms with Gasteiger partial charge in [0.2, 0.25) is 0 Å². The van der Waals surface area contributed by atoms with Crippen LogP contribution in [0.3, 0.4) is 0 Å². The molecule has 4 rings (SSSR count). The van der Waals surface area contributed by atoms with E-state index in [0.29, 0.717) is 23.8 Å². The Morgan fingerprint density at radius 2 is 1.61 bits per heavy atom. The summed E-state index contributed by atoms with van der Waals surface area (Å²) in [5.41, 5.74) is 5.44. The average molecular weight is 431 g/mol. The minimum absolute atomic E-state index is 0.0910. The van der Waals surface area contributed by atoms with Crippen LogP contribution in [0.25, 0.3) is 0 Å². The van der Waals surface area contributed by atoms with Crippen LogP contribution in [-0.2, 0) is 17.8 Å². The number of hydrogen-bond acceptors (Lipinski definition) is 5. The number of rotatable bonds is 9. The molecule has 1 heterocycles. The van der Waals surface area contributed by atoms with Crippen molar-refractivity contribution in [2.75, 3.05) is 11.9 Å². The number of aromatic nitrogens is 1. The van der Waals surface area contributed by atoms with Crippen molar-refractivity contribution < 1.29 is 14.3 Å². The third kappa shape index (κ3) is 5.93. The van der Waals surface area contributed by atoms with E-state index in [0.717, 1.165) is 17.7 Å². The summed E-state index contributed by atoms with van der Waals surface area (Å²) in [6.45, 7) is 0.256. The first kappa shape index (κ1) is 20.6. The lowest BCUT2D eigenvalue weighted by Gasteiger charge is -2.14. The fraction of sp³-hybridized carbons (Fsp3) is 0.120. The van der Waals surface area contributed by atoms with E-state index in [1.165, 1.54) is 16.9 Å². The first-order chi connectivity index (χ1) is 15.3. The summed E-state index contributed by atoms with van der Waals surface area (Å²) < 4.78 is 11.7. The van der Waals surface area contributed by atoms with Gasteiger partial charge in [0, 0.05) is 11.8 Å². The van der Waals surface area contributed by atoms with Gasteiger partial charge in [0.15, 0.2) is 6.61 Å². The second-order valence-electron chi connectivity index (χ2n) is 6.87. The minimum atomic E-state index is -0.251. The first-order valence-electron chi connectivity index (χ1n) is 9.91. The molecule has 0 saturated carbocycles. The van der Waals surface area contributed by atoms with Gasteiger partial charge in [0.05, 0.1) is 16.9 Å². The van der Waals surface area contributed by atoms with Crippen LogP contribution in [0.2, 0.25) is 0 Å². The van der Waals surface area contributed by atoms with Crippen molar-refractivity contribution in [2.45, 2.75) is 13.0 Å². The molecule has 5 nitrogen and oxygen atoms in total. The van der Waals surface area contributed by atoms with E-state index < -0.39 is 0 Å². The Morgan fingerprint density at radius 1 is 0.871 bits per heavy atom. The van der Waals surface area contributed by atoms with Crippen LogP contribution in [0.5, 0.6) is 11.5 Å². The van der Waals surface area contributed by atoms with Crippen LogP contribution in [0.1, 0.15) is 16.8 Å². The van der Waals surface area contributed by atoms with Gasteiger partial charge in [-0.3, -0.25) is 4.79 Å². The zero-order valence-corrected chi connectivity index (χ0v) is 17.7. The van der Waals surface area contributed by atoms with Crippen molar-refractivity contribution in [1.29, 1.82) is 0 Å². The van der Waals surface area contributed by atoms with Gasteiger partial charge in [-0.2, -0.15) is 0 Å². The Kier molecular flexibility index (Phi) is 6.92. The molecule has 0 saturated heterocycles. The molecule has 0 aliphatic carbocycles. The highest BCUT2D eigenvalue weighted by Crippen LogP contribution is 2.25. The molecule has 1 aromatic heterocycles.